The SMILES string of the molecule is C[C@@H](NC(=O)[C@H]1CC[C@H](NS(=O)(=O)c2cnc3c(c2)N(C)[C@@H]2CCCC[C@H]2N3C)CC1)c1ccc(F)cc1. The molecule has 38 heavy (non-hydrogen) atoms. The summed E-state index contributed by atoms with van der Waals surface area (Å²) in [5.74, 6) is 0.305. The number of anilines is 2. The fourth-order valence-corrected chi connectivity index (χ4v) is 7.63. The number of hydrogen-bond donors (Lipinski definition) is 2. The largest absolute Gasteiger partial charge is 0.367 e. The molecule has 5 rings (SSSR count). The van der Waals surface area contributed by atoms with Crippen LogP contribution in [0, 0.1) is 11.7 Å². The minimum absolute atomic E-state index is 0.0461. The summed E-state index contributed by atoms with van der Waals surface area (Å²) >= 11 is 0. The highest BCUT2D eigenvalue weighted by Crippen LogP contribution is 2.41. The van der Waals surface area contributed by atoms with Crippen molar-refractivity contribution >= 4 is 27.4 Å². The number of carbonyl (C=O) groups is 1. The Labute approximate surface area is 225 Å². The van der Waals surface area contributed by atoms with Gasteiger partial charge in [0, 0.05) is 38.3 Å². The zero-order chi connectivity index (χ0) is 27.0. The molecule has 2 N–H and O–H groups in total. The molecule has 0 bridgehead atoms. The molecule has 10 heteroatoms. The molecule has 1 aromatic heterocycles. The fraction of sp³-hybridized carbons (Fsp3) is 0.571. The van der Waals surface area contributed by atoms with Gasteiger partial charge in [0.25, 0.3) is 0 Å². The number of benzene rings is 1. The maximum Gasteiger partial charge on any atom is 0.242 e. The number of likely N-dealkylation sites (N-methyl/N-ethyl adjacent to an activating group) is 2. The molecular weight excluding hydrogens is 505 g/mol. The number of nitrogens with zero attached hydrogens (tertiary/aromatic N) is 3. The van der Waals surface area contributed by atoms with Crippen LogP contribution in [0.2, 0.25) is 0 Å². The van der Waals surface area contributed by atoms with E-state index in [1.54, 1.807) is 18.2 Å². The van der Waals surface area contributed by atoms with Crippen molar-refractivity contribution in [3.63, 3.8) is 0 Å². The van der Waals surface area contributed by atoms with E-state index in [4.69, 9.17) is 0 Å². The molecule has 1 aromatic carbocycles. The van der Waals surface area contributed by atoms with Crippen molar-refractivity contribution in [1.82, 2.24) is 15.0 Å². The molecule has 1 amide bonds. The third-order valence-corrected chi connectivity index (χ3v) is 10.2. The minimum Gasteiger partial charge on any atom is -0.367 e. The highest BCUT2D eigenvalue weighted by atomic mass is 32.2. The van der Waals surface area contributed by atoms with E-state index in [1.165, 1.54) is 31.2 Å². The molecule has 0 saturated heterocycles. The number of amides is 1. The molecule has 0 radical (unpaired) electrons. The van der Waals surface area contributed by atoms with Gasteiger partial charge in [0.15, 0.2) is 5.82 Å². The average molecular weight is 544 g/mol. The second kappa shape index (κ2) is 10.8. The Balaban J connectivity index is 1.19. The van der Waals surface area contributed by atoms with Crippen LogP contribution in [0.15, 0.2) is 41.4 Å². The number of nitrogens with one attached hydrogen (secondary N) is 2. The lowest BCUT2D eigenvalue weighted by molar-refractivity contribution is -0.126. The minimum atomic E-state index is -3.75. The molecule has 2 heterocycles. The Hall–Kier alpha value is -2.72. The maximum atomic E-state index is 13.3. The van der Waals surface area contributed by atoms with Crippen LogP contribution in [0.3, 0.4) is 0 Å². The first-order valence-electron chi connectivity index (χ1n) is 13.7. The van der Waals surface area contributed by atoms with Crippen LogP contribution in [-0.4, -0.2) is 51.5 Å². The van der Waals surface area contributed by atoms with E-state index in [0.29, 0.717) is 37.8 Å². The van der Waals surface area contributed by atoms with Crippen molar-refractivity contribution in [2.45, 2.75) is 87.4 Å². The molecule has 0 unspecified atom stereocenters. The number of fused-ring (bicyclic) bond motifs is 2. The summed E-state index contributed by atoms with van der Waals surface area (Å²) in [7, 11) is 0.355. The molecule has 2 aromatic rings. The van der Waals surface area contributed by atoms with Crippen molar-refractivity contribution in [2.75, 3.05) is 23.9 Å². The number of sulfonamides is 1. The molecule has 206 valence electrons. The molecule has 8 nitrogen and oxygen atoms in total. The zero-order valence-corrected chi connectivity index (χ0v) is 23.2. The van der Waals surface area contributed by atoms with Gasteiger partial charge in [0.2, 0.25) is 15.9 Å². The van der Waals surface area contributed by atoms with Gasteiger partial charge in [-0.1, -0.05) is 25.0 Å². The molecule has 3 aliphatic rings. The van der Waals surface area contributed by atoms with Gasteiger partial charge in [-0.15, -0.1) is 0 Å². The van der Waals surface area contributed by atoms with Crippen molar-refractivity contribution in [1.29, 1.82) is 0 Å². The number of carbonyl (C=O) groups excluding carboxylic acids is 1. The molecular formula is C28H38FN5O3S. The summed E-state index contributed by atoms with van der Waals surface area (Å²) in [5, 5.41) is 3.01. The summed E-state index contributed by atoms with van der Waals surface area (Å²) in [5.41, 5.74) is 1.70. The topological polar surface area (TPSA) is 94.6 Å². The number of halogens is 1. The van der Waals surface area contributed by atoms with E-state index < -0.39 is 10.0 Å². The van der Waals surface area contributed by atoms with E-state index in [9.17, 15) is 17.6 Å². The lowest BCUT2D eigenvalue weighted by atomic mass is 9.85. The summed E-state index contributed by atoms with van der Waals surface area (Å²) < 4.78 is 42.7. The summed E-state index contributed by atoms with van der Waals surface area (Å²) in [4.78, 5) is 22.0. The normalized spacial score (nSPS) is 26.3. The van der Waals surface area contributed by atoms with Gasteiger partial charge in [-0.05, 0) is 69.2 Å². The molecule has 3 atom stereocenters. The van der Waals surface area contributed by atoms with Gasteiger partial charge in [-0.3, -0.25) is 4.79 Å². The van der Waals surface area contributed by atoms with Crippen LogP contribution in [0.5, 0.6) is 0 Å². The Bertz CT molecular complexity index is 1260. The number of rotatable bonds is 6. The third kappa shape index (κ3) is 5.38. The Kier molecular flexibility index (Phi) is 7.64. The third-order valence-electron chi connectivity index (χ3n) is 8.68. The van der Waals surface area contributed by atoms with Crippen LogP contribution in [-0.2, 0) is 14.8 Å². The molecule has 2 fully saturated rings. The first-order chi connectivity index (χ1) is 18.1. The van der Waals surface area contributed by atoms with Gasteiger partial charge in [0.05, 0.1) is 17.8 Å². The van der Waals surface area contributed by atoms with Crippen LogP contribution in [0.4, 0.5) is 15.9 Å². The highest BCUT2D eigenvalue weighted by molar-refractivity contribution is 7.89. The smallest absolute Gasteiger partial charge is 0.242 e. The van der Waals surface area contributed by atoms with Gasteiger partial charge in [0.1, 0.15) is 10.7 Å². The lowest BCUT2D eigenvalue weighted by Gasteiger charge is -2.49. The van der Waals surface area contributed by atoms with Gasteiger partial charge < -0.3 is 15.1 Å². The van der Waals surface area contributed by atoms with E-state index in [-0.39, 0.29) is 34.6 Å². The number of aromatic nitrogens is 1. The molecule has 1 aliphatic heterocycles. The van der Waals surface area contributed by atoms with Gasteiger partial charge >= 0.3 is 0 Å². The molecule has 2 aliphatic carbocycles. The van der Waals surface area contributed by atoms with Crippen molar-refractivity contribution < 1.29 is 17.6 Å². The van der Waals surface area contributed by atoms with E-state index in [2.05, 4.69) is 31.9 Å². The van der Waals surface area contributed by atoms with Gasteiger partial charge in [-0.25, -0.2) is 22.5 Å². The van der Waals surface area contributed by atoms with Gasteiger partial charge in [-0.2, -0.15) is 0 Å². The first-order valence-corrected chi connectivity index (χ1v) is 15.2. The summed E-state index contributed by atoms with van der Waals surface area (Å²) in [6.45, 7) is 1.88. The quantitative estimate of drug-likeness (QED) is 0.569. The average Bonchev–Trinajstić information content (AvgIpc) is 2.92. The fourth-order valence-electron chi connectivity index (χ4n) is 6.36. The van der Waals surface area contributed by atoms with Crippen LogP contribution in [0.1, 0.15) is 69.9 Å². The monoisotopic (exact) mass is 543 g/mol. The van der Waals surface area contributed by atoms with E-state index in [0.717, 1.165) is 29.9 Å². The zero-order valence-electron chi connectivity index (χ0n) is 22.4. The number of pyridine rings is 1. The predicted molar refractivity (Wildman–Crippen MR) is 146 cm³/mol. The standard InChI is InChI=1S/C28H38FN5O3S/c1-18(19-8-12-21(29)13-9-19)31-28(35)20-10-14-22(15-11-20)32-38(36,37)23-16-26-27(30-17-23)34(3)25-7-5-4-6-24(25)33(26)2/h8-9,12-13,16-18,20,22,24-25,32H,4-7,10-11,14-15H2,1-3H3,(H,31,35)/t18-,20-,22-,24-,25-/m1/s1. The summed E-state index contributed by atoms with van der Waals surface area (Å²) in [6, 6.07) is 8.18. The van der Waals surface area contributed by atoms with Crippen molar-refractivity contribution in [2.24, 2.45) is 5.92 Å². The van der Waals surface area contributed by atoms with E-state index in [1.807, 2.05) is 14.0 Å². The Morgan fingerprint density at radius 3 is 2.29 bits per heavy atom. The second-order valence-corrected chi connectivity index (χ2v) is 12.8. The molecule has 0 spiro atoms. The highest BCUT2D eigenvalue weighted by Gasteiger charge is 2.39. The number of hydrogen-bond acceptors (Lipinski definition) is 6. The lowest BCUT2D eigenvalue weighted by Crippen LogP contribution is -2.55. The summed E-state index contributed by atoms with van der Waals surface area (Å²) in [6.07, 6.45) is 8.47. The Morgan fingerprint density at radius 1 is 1.00 bits per heavy atom. The van der Waals surface area contributed by atoms with Crippen LogP contribution >= 0.6 is 0 Å². The first kappa shape index (κ1) is 26.9. The van der Waals surface area contributed by atoms with Crippen molar-refractivity contribution in [3.8, 4) is 0 Å². The van der Waals surface area contributed by atoms with Crippen LogP contribution in [0.25, 0.3) is 0 Å². The molecule has 2 saturated carbocycles. The van der Waals surface area contributed by atoms with Crippen molar-refractivity contribution in [3.05, 3.63) is 47.9 Å². The predicted octanol–water partition coefficient (Wildman–Crippen LogP) is 4.13. The Morgan fingerprint density at radius 2 is 1.63 bits per heavy atom. The van der Waals surface area contributed by atoms with E-state index >= 15 is 0 Å². The maximum absolute atomic E-state index is 13.3. The van der Waals surface area contributed by atoms with Crippen LogP contribution < -0.4 is 19.8 Å². The second-order valence-electron chi connectivity index (χ2n) is 11.1.